The number of aliphatic carboxylic acids is 1. The summed E-state index contributed by atoms with van der Waals surface area (Å²) in [6.07, 6.45) is 0. The number of thioether (sulfide) groups is 1. The second-order valence-electron chi connectivity index (χ2n) is 3.93. The normalized spacial score (nSPS) is 12.1. The average Bonchev–Trinajstić information content (AvgIpc) is 2.38. The molecular weight excluding hydrogens is 326 g/mol. The van der Waals surface area contributed by atoms with Gasteiger partial charge in [-0.15, -0.1) is 11.8 Å². The number of carboxylic acid groups (broad SMARTS) is 1. The molecule has 2 aromatic carbocycles. The first-order valence-electron chi connectivity index (χ1n) is 5.57. The zero-order valence-corrected chi connectivity index (χ0v) is 12.3. The van der Waals surface area contributed by atoms with E-state index in [-0.39, 0.29) is 0 Å². The fourth-order valence-electron chi connectivity index (χ4n) is 1.64. The topological polar surface area (TPSA) is 63.3 Å². The van der Waals surface area contributed by atoms with E-state index in [0.29, 0.717) is 5.69 Å². The number of hydrogen-bond acceptors (Lipinski definition) is 3. The van der Waals surface area contributed by atoms with Crippen molar-refractivity contribution in [1.29, 1.82) is 0 Å². The molecule has 0 aliphatic rings. The van der Waals surface area contributed by atoms with Crippen LogP contribution in [0.5, 0.6) is 0 Å². The lowest BCUT2D eigenvalue weighted by atomic mass is 10.1. The van der Waals surface area contributed by atoms with Crippen LogP contribution in [-0.4, -0.2) is 11.1 Å². The van der Waals surface area contributed by atoms with Crippen molar-refractivity contribution >= 4 is 39.3 Å². The summed E-state index contributed by atoms with van der Waals surface area (Å²) in [5, 5.41) is 8.70. The predicted molar refractivity (Wildman–Crippen MR) is 81.2 cm³/mol. The Morgan fingerprint density at radius 1 is 1.21 bits per heavy atom. The van der Waals surface area contributed by atoms with Gasteiger partial charge in [-0.05, 0) is 23.8 Å². The van der Waals surface area contributed by atoms with Gasteiger partial charge < -0.3 is 10.8 Å². The van der Waals surface area contributed by atoms with E-state index in [1.165, 1.54) is 11.8 Å². The molecule has 0 saturated carbocycles. The third-order valence-corrected chi connectivity index (χ3v) is 4.37. The number of nitrogens with two attached hydrogens (primary N) is 1. The van der Waals surface area contributed by atoms with Gasteiger partial charge in [-0.1, -0.05) is 46.3 Å². The highest BCUT2D eigenvalue weighted by atomic mass is 79.9. The average molecular weight is 338 g/mol. The van der Waals surface area contributed by atoms with Crippen LogP contribution < -0.4 is 5.73 Å². The Labute approximate surface area is 124 Å². The van der Waals surface area contributed by atoms with E-state index in [1.807, 2.05) is 30.3 Å². The summed E-state index contributed by atoms with van der Waals surface area (Å²) >= 11 is 4.57. The number of hydrogen-bond donors (Lipinski definition) is 2. The number of halogens is 1. The van der Waals surface area contributed by atoms with E-state index in [0.717, 1.165) is 14.9 Å². The van der Waals surface area contributed by atoms with E-state index in [1.54, 1.807) is 18.2 Å². The van der Waals surface area contributed by atoms with Crippen molar-refractivity contribution in [3.05, 3.63) is 58.6 Å². The SMILES string of the molecule is Nc1cc(Br)ccc1SC(C(=O)O)c1ccccc1. The Hall–Kier alpha value is -1.46. The molecule has 0 amide bonds. The molecule has 2 aromatic rings. The highest BCUT2D eigenvalue weighted by Gasteiger charge is 2.21. The van der Waals surface area contributed by atoms with Crippen molar-refractivity contribution < 1.29 is 9.90 Å². The Bertz CT molecular complexity index is 589. The van der Waals surface area contributed by atoms with Crippen molar-refractivity contribution in [1.82, 2.24) is 0 Å². The van der Waals surface area contributed by atoms with Crippen molar-refractivity contribution in [3.63, 3.8) is 0 Å². The van der Waals surface area contributed by atoms with Crippen molar-refractivity contribution in [2.24, 2.45) is 0 Å². The molecule has 5 heteroatoms. The molecule has 0 heterocycles. The summed E-state index contributed by atoms with van der Waals surface area (Å²) in [5.74, 6) is -0.876. The monoisotopic (exact) mass is 337 g/mol. The van der Waals surface area contributed by atoms with Crippen LogP contribution in [0.3, 0.4) is 0 Å². The molecular formula is C14H12BrNO2S. The Morgan fingerprint density at radius 3 is 2.47 bits per heavy atom. The number of benzene rings is 2. The molecule has 19 heavy (non-hydrogen) atoms. The molecule has 1 unspecified atom stereocenters. The number of carbonyl (C=O) groups is 1. The van der Waals surface area contributed by atoms with Gasteiger partial charge in [-0.2, -0.15) is 0 Å². The summed E-state index contributed by atoms with van der Waals surface area (Å²) in [6, 6.07) is 14.6. The smallest absolute Gasteiger partial charge is 0.321 e. The first-order valence-corrected chi connectivity index (χ1v) is 7.24. The van der Waals surface area contributed by atoms with Gasteiger partial charge >= 0.3 is 5.97 Å². The van der Waals surface area contributed by atoms with Gasteiger partial charge in [0.1, 0.15) is 5.25 Å². The van der Waals surface area contributed by atoms with Crippen LogP contribution in [0.1, 0.15) is 10.8 Å². The van der Waals surface area contributed by atoms with Crippen LogP contribution in [0.4, 0.5) is 5.69 Å². The fourth-order valence-corrected chi connectivity index (χ4v) is 3.01. The minimum absolute atomic E-state index is 0.571. The van der Waals surface area contributed by atoms with Gasteiger partial charge in [0.2, 0.25) is 0 Å². The minimum Gasteiger partial charge on any atom is -0.480 e. The molecule has 3 N–H and O–H groups in total. The fraction of sp³-hybridized carbons (Fsp3) is 0.0714. The van der Waals surface area contributed by atoms with Gasteiger partial charge in [0, 0.05) is 15.1 Å². The van der Waals surface area contributed by atoms with E-state index in [2.05, 4.69) is 15.9 Å². The molecule has 0 fully saturated rings. The van der Waals surface area contributed by atoms with Crippen LogP contribution in [0, 0.1) is 0 Å². The highest BCUT2D eigenvalue weighted by molar-refractivity contribution is 9.10. The van der Waals surface area contributed by atoms with Gasteiger partial charge in [-0.3, -0.25) is 4.79 Å². The Balaban J connectivity index is 2.29. The predicted octanol–water partition coefficient (Wildman–Crippen LogP) is 3.95. The number of anilines is 1. The summed E-state index contributed by atoms with van der Waals surface area (Å²) in [4.78, 5) is 12.2. The molecule has 0 aliphatic carbocycles. The molecule has 98 valence electrons. The van der Waals surface area contributed by atoms with Crippen LogP contribution in [-0.2, 0) is 4.79 Å². The first kappa shape index (κ1) is 14.0. The molecule has 2 rings (SSSR count). The van der Waals surface area contributed by atoms with Crippen molar-refractivity contribution in [3.8, 4) is 0 Å². The van der Waals surface area contributed by atoms with E-state index < -0.39 is 11.2 Å². The quantitative estimate of drug-likeness (QED) is 0.654. The third-order valence-electron chi connectivity index (χ3n) is 2.54. The summed E-state index contributed by atoms with van der Waals surface area (Å²) in [5.41, 5.74) is 7.23. The zero-order valence-electron chi connectivity index (χ0n) is 9.92. The maximum absolute atomic E-state index is 11.4. The molecule has 0 aliphatic heterocycles. The van der Waals surface area contributed by atoms with Crippen molar-refractivity contribution in [2.75, 3.05) is 5.73 Å². The molecule has 0 saturated heterocycles. The van der Waals surface area contributed by atoms with Crippen LogP contribution in [0.25, 0.3) is 0 Å². The zero-order chi connectivity index (χ0) is 13.8. The summed E-state index contributed by atoms with van der Waals surface area (Å²) in [6.45, 7) is 0. The van der Waals surface area contributed by atoms with Gasteiger partial charge in [0.15, 0.2) is 0 Å². The maximum atomic E-state index is 11.4. The van der Waals surface area contributed by atoms with E-state index in [4.69, 9.17) is 5.73 Å². The second-order valence-corrected chi connectivity index (χ2v) is 5.99. The van der Waals surface area contributed by atoms with Gasteiger partial charge in [0.05, 0.1) is 0 Å². The lowest BCUT2D eigenvalue weighted by Crippen LogP contribution is -2.08. The molecule has 0 bridgehead atoms. The van der Waals surface area contributed by atoms with E-state index >= 15 is 0 Å². The number of rotatable bonds is 4. The first-order chi connectivity index (χ1) is 9.08. The Morgan fingerprint density at radius 2 is 1.89 bits per heavy atom. The maximum Gasteiger partial charge on any atom is 0.321 e. The standard InChI is InChI=1S/C14H12BrNO2S/c15-10-6-7-12(11(16)8-10)19-13(14(17)18)9-4-2-1-3-5-9/h1-8,13H,16H2,(H,17,18). The Kier molecular flexibility index (Phi) is 4.50. The van der Waals surface area contributed by atoms with E-state index in [9.17, 15) is 9.90 Å². The summed E-state index contributed by atoms with van der Waals surface area (Å²) in [7, 11) is 0. The van der Waals surface area contributed by atoms with Crippen LogP contribution in [0.2, 0.25) is 0 Å². The third kappa shape index (κ3) is 3.52. The molecule has 0 radical (unpaired) electrons. The van der Waals surface area contributed by atoms with Crippen molar-refractivity contribution in [2.45, 2.75) is 10.1 Å². The highest BCUT2D eigenvalue weighted by Crippen LogP contribution is 2.39. The lowest BCUT2D eigenvalue weighted by Gasteiger charge is -2.14. The van der Waals surface area contributed by atoms with Crippen LogP contribution in [0.15, 0.2) is 57.9 Å². The number of carboxylic acids is 1. The number of nitrogen functional groups attached to an aromatic ring is 1. The van der Waals surface area contributed by atoms with Gasteiger partial charge in [-0.25, -0.2) is 0 Å². The lowest BCUT2D eigenvalue weighted by molar-refractivity contribution is -0.136. The van der Waals surface area contributed by atoms with Crippen LogP contribution >= 0.6 is 27.7 Å². The second kappa shape index (κ2) is 6.12. The molecule has 1 atom stereocenters. The van der Waals surface area contributed by atoms with Gasteiger partial charge in [0.25, 0.3) is 0 Å². The minimum atomic E-state index is -0.876. The molecule has 0 aromatic heterocycles. The molecule has 3 nitrogen and oxygen atoms in total. The largest absolute Gasteiger partial charge is 0.480 e. The summed E-state index contributed by atoms with van der Waals surface area (Å²) < 4.78 is 0.876. The molecule has 0 spiro atoms.